The van der Waals surface area contributed by atoms with Gasteiger partial charge in [-0.25, -0.2) is 12.4 Å². The van der Waals surface area contributed by atoms with E-state index in [0.29, 0.717) is 33.0 Å². The van der Waals surface area contributed by atoms with Crippen LogP contribution in [0.5, 0.6) is 11.5 Å². The first-order valence-electron chi connectivity index (χ1n) is 10.6. The lowest BCUT2D eigenvalue weighted by molar-refractivity contribution is 0.419. The number of aromatic nitrogens is 1. The second-order valence-corrected chi connectivity index (χ2v) is 11.9. The first-order chi connectivity index (χ1) is 17.3. The third-order valence-electron chi connectivity index (χ3n) is 5.70. The molecule has 1 heterocycles. The first kappa shape index (κ1) is 24.0. The van der Waals surface area contributed by atoms with Crippen molar-refractivity contribution >= 4 is 52.9 Å². The van der Waals surface area contributed by atoms with Crippen LogP contribution >= 0.6 is 11.3 Å². The molecule has 4 aromatic carbocycles. The predicted octanol–water partition coefficient (Wildman–Crippen LogP) is 4.40. The van der Waals surface area contributed by atoms with Gasteiger partial charge in [0.1, 0.15) is 11.5 Å². The summed E-state index contributed by atoms with van der Waals surface area (Å²) in [5.41, 5.74) is 0. The highest BCUT2D eigenvalue weighted by Crippen LogP contribution is 2.33. The van der Waals surface area contributed by atoms with Gasteiger partial charge in [0.15, 0.2) is 0 Å². The third kappa shape index (κ3) is 3.94. The molecule has 11 heteroatoms. The molecule has 5 aromatic rings. The zero-order valence-corrected chi connectivity index (χ0v) is 21.6. The summed E-state index contributed by atoms with van der Waals surface area (Å²) >= 11 is 0.907. The zero-order chi connectivity index (χ0) is 25.5. The molecule has 0 spiro atoms. The van der Waals surface area contributed by atoms with E-state index in [9.17, 15) is 16.8 Å². The normalized spacial score (nSPS) is 12.8. The summed E-state index contributed by atoms with van der Waals surface area (Å²) < 4.78 is 69.8. The van der Waals surface area contributed by atoms with E-state index in [2.05, 4.69) is 4.40 Å². The van der Waals surface area contributed by atoms with Crippen molar-refractivity contribution < 1.29 is 26.3 Å². The molecule has 0 saturated heterocycles. The van der Waals surface area contributed by atoms with Gasteiger partial charge in [-0.05, 0) is 24.3 Å². The summed E-state index contributed by atoms with van der Waals surface area (Å²) in [6.07, 6.45) is 1.29. The van der Waals surface area contributed by atoms with Crippen molar-refractivity contribution in [2.45, 2.75) is 9.79 Å². The van der Waals surface area contributed by atoms with Crippen molar-refractivity contribution in [3.8, 4) is 11.5 Å². The molecule has 0 saturated carbocycles. The fourth-order valence-corrected chi connectivity index (χ4v) is 8.01. The molecule has 36 heavy (non-hydrogen) atoms. The highest BCUT2D eigenvalue weighted by Gasteiger charge is 2.24. The molecule has 0 aliphatic carbocycles. The van der Waals surface area contributed by atoms with Crippen molar-refractivity contribution in [2.24, 2.45) is 4.40 Å². The molecule has 0 radical (unpaired) electrons. The summed E-state index contributed by atoms with van der Waals surface area (Å²) in [5.74, 6) is 1.04. The fourth-order valence-electron chi connectivity index (χ4n) is 4.06. The molecule has 0 unspecified atom stereocenters. The third-order valence-corrected chi connectivity index (χ3v) is 9.74. The second kappa shape index (κ2) is 9.08. The highest BCUT2D eigenvalue weighted by atomic mass is 32.2. The number of sulfonamides is 1. The van der Waals surface area contributed by atoms with Crippen LogP contribution in [-0.4, -0.2) is 35.0 Å². The minimum Gasteiger partial charge on any atom is -0.496 e. The number of ether oxygens (including phenoxy) is 2. The van der Waals surface area contributed by atoms with E-state index in [4.69, 9.17) is 9.47 Å². The van der Waals surface area contributed by atoms with Gasteiger partial charge in [0.05, 0.1) is 24.0 Å². The lowest BCUT2D eigenvalue weighted by Crippen LogP contribution is -2.24. The molecule has 0 bridgehead atoms. The van der Waals surface area contributed by atoms with E-state index in [0.717, 1.165) is 15.3 Å². The topological polar surface area (TPSA) is 104 Å². The van der Waals surface area contributed by atoms with Gasteiger partial charge >= 0.3 is 0 Å². The monoisotopic (exact) mass is 540 g/mol. The Balaban J connectivity index is 1.70. The highest BCUT2D eigenvalue weighted by molar-refractivity contribution is 7.91. The number of benzene rings is 4. The molecule has 8 nitrogen and oxygen atoms in total. The number of hydrogen-bond acceptors (Lipinski definition) is 7. The molecule has 1 aromatic heterocycles. The Morgan fingerprint density at radius 1 is 0.694 bits per heavy atom. The summed E-state index contributed by atoms with van der Waals surface area (Å²) in [6.45, 7) is 0. The number of thiazole rings is 1. The Bertz CT molecular complexity index is 1910. The lowest BCUT2D eigenvalue weighted by Gasteiger charge is -2.12. The average Bonchev–Trinajstić information content (AvgIpc) is 3.35. The Morgan fingerprint density at radius 3 is 1.75 bits per heavy atom. The summed E-state index contributed by atoms with van der Waals surface area (Å²) in [6, 6.07) is 19.8. The number of hydrogen-bond donors (Lipinski definition) is 0. The van der Waals surface area contributed by atoms with E-state index in [1.165, 1.54) is 37.9 Å². The number of fused-ring (bicyclic) bond motifs is 2. The Morgan fingerprint density at radius 2 is 1.19 bits per heavy atom. The van der Waals surface area contributed by atoms with Gasteiger partial charge in [0, 0.05) is 33.1 Å². The van der Waals surface area contributed by atoms with Gasteiger partial charge in [-0.15, -0.1) is 15.7 Å². The maximum absolute atomic E-state index is 13.7. The molecular formula is C25H20N2O6S3. The Labute approximate surface area is 211 Å². The van der Waals surface area contributed by atoms with Crippen LogP contribution in [0.2, 0.25) is 0 Å². The van der Waals surface area contributed by atoms with Crippen LogP contribution in [0.25, 0.3) is 21.5 Å². The molecule has 0 fully saturated rings. The minimum absolute atomic E-state index is 0.00560. The molecule has 0 aliphatic heterocycles. The Hall–Kier alpha value is -3.67. The van der Waals surface area contributed by atoms with Gasteiger partial charge in [-0.1, -0.05) is 48.5 Å². The second-order valence-electron chi connectivity index (χ2n) is 7.68. The van der Waals surface area contributed by atoms with Crippen LogP contribution in [0.1, 0.15) is 0 Å². The number of rotatable bonds is 6. The minimum atomic E-state index is -4.28. The van der Waals surface area contributed by atoms with Gasteiger partial charge in [0.2, 0.25) is 4.80 Å². The molecule has 0 amide bonds. The van der Waals surface area contributed by atoms with E-state index in [1.54, 1.807) is 60.7 Å². The summed E-state index contributed by atoms with van der Waals surface area (Å²) in [5, 5.41) is 3.57. The number of methoxy groups -OCH3 is 2. The molecule has 0 atom stereocenters. The van der Waals surface area contributed by atoms with E-state index >= 15 is 0 Å². The van der Waals surface area contributed by atoms with E-state index in [1.807, 2.05) is 0 Å². The van der Waals surface area contributed by atoms with Crippen LogP contribution in [0.15, 0.2) is 98.6 Å². The molecular weight excluding hydrogens is 520 g/mol. The van der Waals surface area contributed by atoms with Crippen LogP contribution in [-0.2, 0) is 20.0 Å². The lowest BCUT2D eigenvalue weighted by atomic mass is 10.1. The van der Waals surface area contributed by atoms with Crippen molar-refractivity contribution in [1.29, 1.82) is 0 Å². The maximum Gasteiger partial charge on any atom is 0.285 e. The predicted molar refractivity (Wildman–Crippen MR) is 139 cm³/mol. The van der Waals surface area contributed by atoms with Crippen LogP contribution in [0.4, 0.5) is 0 Å². The molecule has 184 valence electrons. The number of nitrogens with zero attached hydrogens (tertiary/aromatic N) is 2. The standard InChI is InChI=1S/C25H20N2O6S3/c1-32-21-11-13-23(19-9-5-3-7-17(19)21)35(28,29)26-25-27(15-16-34-25)36(30,31)24-14-12-22(33-2)18-8-4-6-10-20(18)24/h3-16H,1-2H3/b26-25-. The van der Waals surface area contributed by atoms with Gasteiger partial charge in [0.25, 0.3) is 20.0 Å². The molecule has 0 aliphatic rings. The molecule has 0 N–H and O–H groups in total. The van der Waals surface area contributed by atoms with Crippen molar-refractivity contribution in [1.82, 2.24) is 3.97 Å². The van der Waals surface area contributed by atoms with Crippen molar-refractivity contribution in [3.63, 3.8) is 0 Å². The van der Waals surface area contributed by atoms with E-state index < -0.39 is 20.0 Å². The SMILES string of the molecule is COc1ccc(S(=O)(=O)/N=c2\sccn2S(=O)(=O)c2ccc(OC)c3ccccc23)c2ccccc12. The summed E-state index contributed by atoms with van der Waals surface area (Å²) in [4.78, 5) is -0.244. The van der Waals surface area contributed by atoms with E-state index in [-0.39, 0.29) is 14.6 Å². The fraction of sp³-hybridized carbons (Fsp3) is 0.0800. The summed E-state index contributed by atoms with van der Waals surface area (Å²) in [7, 11) is -5.46. The maximum atomic E-state index is 13.7. The smallest absolute Gasteiger partial charge is 0.285 e. The van der Waals surface area contributed by atoms with Crippen molar-refractivity contribution in [3.05, 3.63) is 89.2 Å². The first-order valence-corrected chi connectivity index (χ1v) is 14.4. The van der Waals surface area contributed by atoms with Gasteiger partial charge < -0.3 is 9.47 Å². The van der Waals surface area contributed by atoms with Crippen molar-refractivity contribution in [2.75, 3.05) is 14.2 Å². The molecule has 5 rings (SSSR count). The van der Waals surface area contributed by atoms with Crippen LogP contribution in [0.3, 0.4) is 0 Å². The van der Waals surface area contributed by atoms with Crippen LogP contribution in [0, 0.1) is 0 Å². The largest absolute Gasteiger partial charge is 0.496 e. The average molecular weight is 541 g/mol. The Kier molecular flexibility index (Phi) is 6.07. The van der Waals surface area contributed by atoms with Crippen LogP contribution < -0.4 is 14.3 Å². The zero-order valence-electron chi connectivity index (χ0n) is 19.2. The quantitative estimate of drug-likeness (QED) is 0.316. The van der Waals surface area contributed by atoms with Gasteiger partial charge in [-0.2, -0.15) is 8.42 Å². The van der Waals surface area contributed by atoms with Gasteiger partial charge in [-0.3, -0.25) is 0 Å².